The Labute approximate surface area is 166 Å². The van der Waals surface area contributed by atoms with Gasteiger partial charge in [0.2, 0.25) is 0 Å². The number of nitrogens with zero attached hydrogens (tertiary/aromatic N) is 2. The van der Waals surface area contributed by atoms with Crippen LogP contribution in [0.2, 0.25) is 0 Å². The highest BCUT2D eigenvalue weighted by molar-refractivity contribution is 5.56. The van der Waals surface area contributed by atoms with Crippen molar-refractivity contribution in [3.05, 3.63) is 66.6 Å². The van der Waals surface area contributed by atoms with Crippen LogP contribution in [0.4, 0.5) is 0 Å². The molecule has 0 N–H and O–H groups in total. The molecule has 2 aromatic carbocycles. The molecule has 0 radical (unpaired) electrons. The van der Waals surface area contributed by atoms with E-state index in [-0.39, 0.29) is 17.0 Å². The van der Waals surface area contributed by atoms with Gasteiger partial charge in [-0.05, 0) is 50.5 Å². The van der Waals surface area contributed by atoms with Gasteiger partial charge in [-0.15, -0.1) is 0 Å². The van der Waals surface area contributed by atoms with Gasteiger partial charge in [0.05, 0.1) is 13.2 Å². The summed E-state index contributed by atoms with van der Waals surface area (Å²) in [5, 5.41) is 0. The molecule has 1 aromatic heterocycles. The maximum Gasteiger partial charge on any atom is 0.262 e. The van der Waals surface area contributed by atoms with Gasteiger partial charge in [0.1, 0.15) is 17.6 Å². The monoisotopic (exact) mass is 412 g/mol. The first-order valence-electron chi connectivity index (χ1n) is 9.29. The van der Waals surface area contributed by atoms with Gasteiger partial charge in [-0.3, -0.25) is 0 Å². The van der Waals surface area contributed by atoms with Crippen LogP contribution in [0.25, 0.3) is 16.9 Å². The Balaban J connectivity index is 0.00000196. The summed E-state index contributed by atoms with van der Waals surface area (Å²) in [6.07, 6.45) is 7.24. The van der Waals surface area contributed by atoms with E-state index in [1.165, 1.54) is 42.0 Å². The van der Waals surface area contributed by atoms with Gasteiger partial charge in [-0.2, -0.15) is 4.57 Å². The van der Waals surface area contributed by atoms with Gasteiger partial charge in [0.25, 0.3) is 5.82 Å². The van der Waals surface area contributed by atoms with E-state index < -0.39 is 0 Å². The van der Waals surface area contributed by atoms with Crippen molar-refractivity contribution in [1.82, 2.24) is 4.57 Å². The molecule has 0 atom stereocenters. The molecule has 26 heavy (non-hydrogen) atoms. The first-order chi connectivity index (χ1) is 12.4. The third-order valence-corrected chi connectivity index (χ3v) is 4.91. The van der Waals surface area contributed by atoms with Crippen molar-refractivity contribution in [3.8, 4) is 22.7 Å². The molecule has 136 valence electrons. The molecule has 4 rings (SSSR count). The highest BCUT2D eigenvalue weighted by Crippen LogP contribution is 2.24. The number of imidazole rings is 1. The number of benzene rings is 2. The molecule has 1 aliphatic rings. The number of aromatic nitrogens is 2. The van der Waals surface area contributed by atoms with E-state index in [0.29, 0.717) is 6.61 Å². The maximum atomic E-state index is 5.59. The minimum absolute atomic E-state index is 0. The first kappa shape index (κ1) is 18.7. The maximum absolute atomic E-state index is 5.59. The smallest absolute Gasteiger partial charge is 0.262 e. The van der Waals surface area contributed by atoms with Gasteiger partial charge in [-0.1, -0.05) is 30.3 Å². The van der Waals surface area contributed by atoms with Crippen LogP contribution >= 0.6 is 0 Å². The SMILES string of the molecule is CCOc1ccc(-n2cc(-c3ccccc3)[n+]3c2CCCCC3)cc1.[Br-]. The van der Waals surface area contributed by atoms with Crippen molar-refractivity contribution in [1.29, 1.82) is 0 Å². The summed E-state index contributed by atoms with van der Waals surface area (Å²) >= 11 is 0. The molecule has 3 aromatic rings. The average Bonchev–Trinajstić information content (AvgIpc) is 2.85. The highest BCUT2D eigenvalue weighted by Gasteiger charge is 2.26. The standard InChI is InChI=1S/C22H25N2O.BrH/c1-2-25-20-14-12-19(13-15-20)24-17-21(18-9-5-3-6-10-18)23-16-8-4-7-11-22(23)24;/h3,5-6,9-10,12-15,17H,2,4,7-8,11,16H2,1H3;1H/q+1;/p-1. The summed E-state index contributed by atoms with van der Waals surface area (Å²) in [6.45, 7) is 3.82. The lowest BCUT2D eigenvalue weighted by Gasteiger charge is -2.05. The van der Waals surface area contributed by atoms with Crippen LogP contribution in [-0.4, -0.2) is 11.2 Å². The minimum Gasteiger partial charge on any atom is -1.00 e. The van der Waals surface area contributed by atoms with E-state index >= 15 is 0 Å². The molecule has 0 unspecified atom stereocenters. The van der Waals surface area contributed by atoms with E-state index in [4.69, 9.17) is 4.74 Å². The zero-order valence-corrected chi connectivity index (χ0v) is 16.8. The number of halogens is 1. The summed E-state index contributed by atoms with van der Waals surface area (Å²) in [6, 6.07) is 19.2. The van der Waals surface area contributed by atoms with E-state index in [2.05, 4.69) is 69.9 Å². The second-order valence-electron chi connectivity index (χ2n) is 6.56. The summed E-state index contributed by atoms with van der Waals surface area (Å²) in [4.78, 5) is 0. The van der Waals surface area contributed by atoms with Crippen LogP contribution in [0.1, 0.15) is 32.0 Å². The predicted octanol–water partition coefficient (Wildman–Crippen LogP) is 1.56. The predicted molar refractivity (Wildman–Crippen MR) is 100 cm³/mol. The lowest BCUT2D eigenvalue weighted by atomic mass is 10.1. The molecule has 0 amide bonds. The number of rotatable bonds is 4. The Morgan fingerprint density at radius 1 is 0.962 bits per heavy atom. The fourth-order valence-electron chi connectivity index (χ4n) is 3.70. The van der Waals surface area contributed by atoms with Crippen molar-refractivity contribution in [2.45, 2.75) is 39.2 Å². The number of fused-ring (bicyclic) bond motifs is 1. The summed E-state index contributed by atoms with van der Waals surface area (Å²) in [5.41, 5.74) is 3.80. The van der Waals surface area contributed by atoms with Crippen LogP contribution in [0.5, 0.6) is 5.75 Å². The fourth-order valence-corrected chi connectivity index (χ4v) is 3.70. The Kier molecular flexibility index (Phi) is 6.15. The Hall–Kier alpha value is -2.07. The third kappa shape index (κ3) is 3.70. The molecule has 0 spiro atoms. The van der Waals surface area contributed by atoms with E-state index in [1.807, 2.05) is 6.92 Å². The van der Waals surface area contributed by atoms with Crippen molar-refractivity contribution < 1.29 is 26.3 Å². The Morgan fingerprint density at radius 3 is 2.46 bits per heavy atom. The largest absolute Gasteiger partial charge is 1.00 e. The van der Waals surface area contributed by atoms with Crippen LogP contribution in [0.3, 0.4) is 0 Å². The third-order valence-electron chi connectivity index (χ3n) is 4.91. The molecule has 0 fully saturated rings. The van der Waals surface area contributed by atoms with Gasteiger partial charge in [-0.25, -0.2) is 4.57 Å². The van der Waals surface area contributed by atoms with Gasteiger partial charge in [0.15, 0.2) is 5.69 Å². The van der Waals surface area contributed by atoms with Crippen LogP contribution in [-0.2, 0) is 13.0 Å². The second kappa shape index (κ2) is 8.54. The number of hydrogen-bond acceptors (Lipinski definition) is 1. The molecule has 4 heteroatoms. The molecule has 0 saturated heterocycles. The van der Waals surface area contributed by atoms with Crippen molar-refractivity contribution in [2.75, 3.05) is 6.61 Å². The van der Waals surface area contributed by atoms with Gasteiger partial charge >= 0.3 is 0 Å². The Bertz CT molecular complexity index is 841. The summed E-state index contributed by atoms with van der Waals surface area (Å²) in [7, 11) is 0. The molecule has 0 aliphatic carbocycles. The molecular formula is C22H25BrN2O. The molecule has 1 aliphatic heterocycles. The van der Waals surface area contributed by atoms with Crippen LogP contribution in [0.15, 0.2) is 60.8 Å². The van der Waals surface area contributed by atoms with Crippen molar-refractivity contribution >= 4 is 0 Å². The average molecular weight is 413 g/mol. The minimum atomic E-state index is 0. The first-order valence-corrected chi connectivity index (χ1v) is 9.29. The summed E-state index contributed by atoms with van der Waals surface area (Å²) < 4.78 is 10.5. The van der Waals surface area contributed by atoms with Crippen molar-refractivity contribution in [2.24, 2.45) is 0 Å². The quantitative estimate of drug-likeness (QED) is 0.594. The number of ether oxygens (including phenoxy) is 1. The number of hydrogen-bond donors (Lipinski definition) is 0. The van der Waals surface area contributed by atoms with Gasteiger partial charge < -0.3 is 21.7 Å². The molecule has 0 bridgehead atoms. The van der Waals surface area contributed by atoms with E-state index in [1.54, 1.807) is 0 Å². The lowest BCUT2D eigenvalue weighted by molar-refractivity contribution is -0.692. The van der Waals surface area contributed by atoms with Crippen molar-refractivity contribution in [3.63, 3.8) is 0 Å². The van der Waals surface area contributed by atoms with E-state index in [9.17, 15) is 0 Å². The van der Waals surface area contributed by atoms with Crippen LogP contribution in [0, 0.1) is 0 Å². The zero-order valence-electron chi connectivity index (χ0n) is 15.2. The molecule has 0 saturated carbocycles. The topological polar surface area (TPSA) is 18.0 Å². The second-order valence-corrected chi connectivity index (χ2v) is 6.56. The molecular weight excluding hydrogens is 388 g/mol. The van der Waals surface area contributed by atoms with Gasteiger partial charge in [0, 0.05) is 12.0 Å². The molecule has 2 heterocycles. The normalized spacial score (nSPS) is 13.4. The van der Waals surface area contributed by atoms with Crippen LogP contribution < -0.4 is 26.3 Å². The highest BCUT2D eigenvalue weighted by atomic mass is 79.9. The molecule has 3 nitrogen and oxygen atoms in total. The fraction of sp³-hybridized carbons (Fsp3) is 0.318. The zero-order chi connectivity index (χ0) is 17.1. The van der Waals surface area contributed by atoms with E-state index in [0.717, 1.165) is 18.7 Å². The lowest BCUT2D eigenvalue weighted by Crippen LogP contribution is -3.00. The summed E-state index contributed by atoms with van der Waals surface area (Å²) in [5.74, 6) is 2.33. The Morgan fingerprint density at radius 2 is 1.73 bits per heavy atom.